The monoisotopic (exact) mass is 348 g/mol. The van der Waals surface area contributed by atoms with Gasteiger partial charge in [-0.25, -0.2) is 0 Å². The molecule has 2 rings (SSSR count). The molecule has 2 aromatic rings. The van der Waals surface area contributed by atoms with E-state index < -0.39 is 0 Å². The van der Waals surface area contributed by atoms with Gasteiger partial charge in [-0.1, -0.05) is 45.1 Å². The lowest BCUT2D eigenvalue weighted by atomic mass is 10.0. The van der Waals surface area contributed by atoms with Crippen molar-refractivity contribution in [3.8, 4) is 0 Å². The number of carbonyl (C=O) groups excluding carboxylic acids is 2. The molecule has 0 N–H and O–H groups in total. The van der Waals surface area contributed by atoms with Crippen LogP contribution in [0.1, 0.15) is 46.1 Å². The number of ether oxygens (including phenoxy) is 1. The minimum atomic E-state index is -0.330. The smallest absolute Gasteiger partial charge is 0.326 e. The number of hydrogen-bond acceptors (Lipinski definition) is 4. The van der Waals surface area contributed by atoms with Crippen LogP contribution in [-0.4, -0.2) is 23.1 Å². The second-order valence-electron chi connectivity index (χ2n) is 6.26. The Hall–Kier alpha value is -1.95. The molecule has 0 fully saturated rings. The number of fused-ring (bicyclic) bond motifs is 1. The lowest BCUT2D eigenvalue weighted by Gasteiger charge is -2.07. The highest BCUT2D eigenvalue weighted by Gasteiger charge is 2.14. The summed E-state index contributed by atoms with van der Waals surface area (Å²) < 4.78 is 7.83. The molecule has 0 aliphatic heterocycles. The highest BCUT2D eigenvalue weighted by molar-refractivity contribution is 7.16. The summed E-state index contributed by atoms with van der Waals surface area (Å²) >= 11 is 1.43. The fourth-order valence-electron chi connectivity index (χ4n) is 2.25. The summed E-state index contributed by atoms with van der Waals surface area (Å²) in [5.41, 5.74) is 2.11. The first-order valence-electron chi connectivity index (χ1n) is 8.21. The predicted molar refractivity (Wildman–Crippen MR) is 95.9 cm³/mol. The Kier molecular flexibility index (Phi) is 5.94. The number of amides is 1. The Morgan fingerprint density at radius 1 is 1.25 bits per heavy atom. The average Bonchev–Trinajstić information content (AvgIpc) is 2.84. The van der Waals surface area contributed by atoms with E-state index in [4.69, 9.17) is 4.74 Å². The summed E-state index contributed by atoms with van der Waals surface area (Å²) in [7, 11) is 0. The molecule has 6 heteroatoms. The third kappa shape index (κ3) is 4.12. The van der Waals surface area contributed by atoms with E-state index in [2.05, 4.69) is 31.0 Å². The van der Waals surface area contributed by atoms with E-state index >= 15 is 0 Å². The molecule has 0 radical (unpaired) electrons. The van der Waals surface area contributed by atoms with Gasteiger partial charge in [0.1, 0.15) is 6.54 Å². The Labute approximate surface area is 146 Å². The quantitative estimate of drug-likeness (QED) is 0.777. The standard InChI is InChI=1S/C18H24N2O3S/c1-6-23-16(21)10-20-14-8-7-13(11(2)3)9-15(14)24-18(20)19-17(22)12(4)5/h7-9,11-12H,6,10H2,1-5H3. The highest BCUT2D eigenvalue weighted by Crippen LogP contribution is 2.23. The zero-order valence-electron chi connectivity index (χ0n) is 14.8. The molecule has 0 aliphatic carbocycles. The largest absolute Gasteiger partial charge is 0.465 e. The number of hydrogen-bond donors (Lipinski definition) is 0. The Morgan fingerprint density at radius 2 is 1.96 bits per heavy atom. The van der Waals surface area contributed by atoms with Crippen molar-refractivity contribution in [2.45, 2.75) is 47.1 Å². The van der Waals surface area contributed by atoms with Crippen LogP contribution < -0.4 is 4.80 Å². The molecule has 0 unspecified atom stereocenters. The van der Waals surface area contributed by atoms with E-state index in [1.54, 1.807) is 11.5 Å². The molecule has 130 valence electrons. The lowest BCUT2D eigenvalue weighted by Crippen LogP contribution is -2.23. The molecular formula is C18H24N2O3S. The number of aromatic nitrogens is 1. The maximum absolute atomic E-state index is 12.0. The second-order valence-corrected chi connectivity index (χ2v) is 7.27. The van der Waals surface area contributed by atoms with E-state index in [9.17, 15) is 9.59 Å². The van der Waals surface area contributed by atoms with Gasteiger partial charge in [-0.2, -0.15) is 4.99 Å². The van der Waals surface area contributed by atoms with E-state index in [1.165, 1.54) is 16.9 Å². The van der Waals surface area contributed by atoms with Crippen LogP contribution in [0.4, 0.5) is 0 Å². The van der Waals surface area contributed by atoms with Crippen LogP contribution in [-0.2, 0) is 20.9 Å². The Bertz CT molecular complexity index is 815. The summed E-state index contributed by atoms with van der Waals surface area (Å²) in [6.07, 6.45) is 0. The minimum Gasteiger partial charge on any atom is -0.465 e. The van der Waals surface area contributed by atoms with E-state index in [-0.39, 0.29) is 24.3 Å². The summed E-state index contributed by atoms with van der Waals surface area (Å²) in [6.45, 7) is 10.0. The van der Waals surface area contributed by atoms with Crippen molar-refractivity contribution in [1.82, 2.24) is 4.57 Å². The molecule has 24 heavy (non-hydrogen) atoms. The van der Waals surface area contributed by atoms with Gasteiger partial charge in [-0.15, -0.1) is 0 Å². The number of rotatable bonds is 5. The summed E-state index contributed by atoms with van der Waals surface area (Å²) in [6, 6.07) is 6.14. The molecular weight excluding hydrogens is 324 g/mol. The van der Waals surface area contributed by atoms with Gasteiger partial charge in [0.15, 0.2) is 4.80 Å². The Morgan fingerprint density at radius 3 is 2.54 bits per heavy atom. The van der Waals surface area contributed by atoms with Gasteiger partial charge < -0.3 is 9.30 Å². The molecule has 0 spiro atoms. The number of nitrogens with zero attached hydrogens (tertiary/aromatic N) is 2. The number of carbonyl (C=O) groups is 2. The molecule has 5 nitrogen and oxygen atoms in total. The van der Waals surface area contributed by atoms with Gasteiger partial charge in [-0.05, 0) is 30.5 Å². The number of thiazole rings is 1. The van der Waals surface area contributed by atoms with Gasteiger partial charge >= 0.3 is 5.97 Å². The van der Waals surface area contributed by atoms with Gasteiger partial charge in [0, 0.05) is 5.92 Å². The minimum absolute atomic E-state index is 0.0546. The van der Waals surface area contributed by atoms with Crippen LogP contribution in [0.5, 0.6) is 0 Å². The van der Waals surface area contributed by atoms with Crippen LogP contribution >= 0.6 is 11.3 Å². The predicted octanol–water partition coefficient (Wildman–Crippen LogP) is 3.47. The Balaban J connectivity index is 2.60. The van der Waals surface area contributed by atoms with Gasteiger partial charge in [0.25, 0.3) is 5.91 Å². The maximum Gasteiger partial charge on any atom is 0.326 e. The molecule has 0 saturated heterocycles. The van der Waals surface area contributed by atoms with Crippen molar-refractivity contribution >= 4 is 33.4 Å². The van der Waals surface area contributed by atoms with Crippen molar-refractivity contribution in [3.05, 3.63) is 28.6 Å². The zero-order chi connectivity index (χ0) is 17.9. The fourth-order valence-corrected chi connectivity index (χ4v) is 3.33. The third-order valence-electron chi connectivity index (χ3n) is 3.67. The van der Waals surface area contributed by atoms with Crippen molar-refractivity contribution in [1.29, 1.82) is 0 Å². The topological polar surface area (TPSA) is 60.7 Å². The molecule has 1 heterocycles. The molecule has 0 atom stereocenters. The molecule has 1 amide bonds. The van der Waals surface area contributed by atoms with Crippen LogP contribution in [0.3, 0.4) is 0 Å². The number of esters is 1. The first-order valence-corrected chi connectivity index (χ1v) is 9.02. The van der Waals surface area contributed by atoms with Gasteiger partial charge in [0.05, 0.1) is 16.8 Å². The highest BCUT2D eigenvalue weighted by atomic mass is 32.1. The molecule has 1 aromatic heterocycles. The van der Waals surface area contributed by atoms with Crippen LogP contribution in [0, 0.1) is 5.92 Å². The van der Waals surface area contributed by atoms with Gasteiger partial charge in [-0.3, -0.25) is 9.59 Å². The van der Waals surface area contributed by atoms with Crippen molar-refractivity contribution in [2.24, 2.45) is 10.9 Å². The van der Waals surface area contributed by atoms with Crippen molar-refractivity contribution in [2.75, 3.05) is 6.61 Å². The molecule has 1 aromatic carbocycles. The second kappa shape index (κ2) is 7.75. The van der Waals surface area contributed by atoms with E-state index in [0.29, 0.717) is 17.3 Å². The first-order chi connectivity index (χ1) is 11.3. The van der Waals surface area contributed by atoms with Crippen LogP contribution in [0.15, 0.2) is 23.2 Å². The average molecular weight is 348 g/mol. The first kappa shape index (κ1) is 18.4. The molecule has 0 bridgehead atoms. The normalized spacial score (nSPS) is 12.4. The molecule has 0 saturated carbocycles. The zero-order valence-corrected chi connectivity index (χ0v) is 15.6. The van der Waals surface area contributed by atoms with Crippen molar-refractivity contribution in [3.63, 3.8) is 0 Å². The fraction of sp³-hybridized carbons (Fsp3) is 0.500. The SMILES string of the molecule is CCOC(=O)Cn1c(=NC(=O)C(C)C)sc2cc(C(C)C)ccc21. The summed E-state index contributed by atoms with van der Waals surface area (Å²) in [5, 5.41) is 0. The summed E-state index contributed by atoms with van der Waals surface area (Å²) in [4.78, 5) is 28.7. The molecule has 0 aliphatic rings. The van der Waals surface area contributed by atoms with Crippen LogP contribution in [0.25, 0.3) is 10.2 Å². The van der Waals surface area contributed by atoms with Crippen molar-refractivity contribution < 1.29 is 14.3 Å². The maximum atomic E-state index is 12.0. The third-order valence-corrected chi connectivity index (χ3v) is 4.71. The van der Waals surface area contributed by atoms with E-state index in [0.717, 1.165) is 10.2 Å². The van der Waals surface area contributed by atoms with Gasteiger partial charge in [0.2, 0.25) is 0 Å². The number of benzene rings is 1. The summed E-state index contributed by atoms with van der Waals surface area (Å²) in [5.74, 6) is -0.294. The van der Waals surface area contributed by atoms with Crippen LogP contribution in [0.2, 0.25) is 0 Å². The van der Waals surface area contributed by atoms with E-state index in [1.807, 2.05) is 19.9 Å². The lowest BCUT2D eigenvalue weighted by molar-refractivity contribution is -0.143.